The van der Waals surface area contributed by atoms with E-state index in [0.717, 1.165) is 0 Å². The van der Waals surface area contributed by atoms with Crippen molar-refractivity contribution in [1.82, 2.24) is 0 Å². The fourth-order valence-corrected chi connectivity index (χ4v) is 0.446. The summed E-state index contributed by atoms with van der Waals surface area (Å²) < 4.78 is 8.63. The largest absolute Gasteiger partial charge is 0.464 e. The van der Waals surface area contributed by atoms with Gasteiger partial charge < -0.3 is 9.47 Å². The Kier molecular flexibility index (Phi) is 4.72. The number of nitrogens with zero attached hydrogens (tertiary/aromatic N) is 1. The van der Waals surface area contributed by atoms with Gasteiger partial charge in [-0.2, -0.15) is 0 Å². The summed E-state index contributed by atoms with van der Waals surface area (Å²) in [6, 6.07) is 0. The van der Waals surface area contributed by atoms with Crippen molar-refractivity contribution >= 4 is 18.2 Å². The highest BCUT2D eigenvalue weighted by molar-refractivity contribution is 6.37. The van der Waals surface area contributed by atoms with Gasteiger partial charge in [-0.1, -0.05) is 0 Å². The zero-order valence-corrected chi connectivity index (χ0v) is 6.36. The Hall–Kier alpha value is -1.39. The molecule has 0 bridgehead atoms. The van der Waals surface area contributed by atoms with Gasteiger partial charge in [-0.3, -0.25) is 9.79 Å². The number of aliphatic imine (C=N–C) groups is 1. The second-order valence-electron chi connectivity index (χ2n) is 1.57. The first-order valence-electron chi connectivity index (χ1n) is 2.85. The van der Waals surface area contributed by atoms with E-state index in [1.165, 1.54) is 14.2 Å². The summed E-state index contributed by atoms with van der Waals surface area (Å²) >= 11 is 0. The molecule has 0 fully saturated rings. The van der Waals surface area contributed by atoms with E-state index >= 15 is 0 Å². The van der Waals surface area contributed by atoms with E-state index in [2.05, 4.69) is 14.5 Å². The van der Waals surface area contributed by atoms with Gasteiger partial charge in [0.2, 0.25) is 0 Å². The minimum atomic E-state index is -0.589. The van der Waals surface area contributed by atoms with Gasteiger partial charge in [-0.05, 0) is 0 Å². The molecule has 0 amide bonds. The van der Waals surface area contributed by atoms with E-state index in [4.69, 9.17) is 0 Å². The van der Waals surface area contributed by atoms with Crippen LogP contribution in [0, 0.1) is 0 Å². The Morgan fingerprint density at radius 2 is 2.27 bits per heavy atom. The Morgan fingerprint density at radius 1 is 1.64 bits per heavy atom. The lowest BCUT2D eigenvalue weighted by molar-refractivity contribution is -0.133. The van der Waals surface area contributed by atoms with Crippen molar-refractivity contribution in [3.63, 3.8) is 0 Å². The Labute approximate surface area is 64.0 Å². The molecule has 0 aromatic heterocycles. The minimum absolute atomic E-state index is 0.0830. The third kappa shape index (κ3) is 3.34. The van der Waals surface area contributed by atoms with E-state index in [1.807, 2.05) is 0 Å². The standard InChI is InChI=1S/C6H9NO4/c1-7-5(3-11-4-8)6(9)10-2/h4H,3H2,1-2H3. The van der Waals surface area contributed by atoms with Crippen LogP contribution >= 0.6 is 0 Å². The van der Waals surface area contributed by atoms with Crippen LogP contribution in [0.2, 0.25) is 0 Å². The number of hydrogen-bond donors (Lipinski definition) is 0. The molecule has 0 aliphatic carbocycles. The van der Waals surface area contributed by atoms with Gasteiger partial charge in [-0.15, -0.1) is 0 Å². The van der Waals surface area contributed by atoms with Crippen molar-refractivity contribution in [3.8, 4) is 0 Å². The van der Waals surface area contributed by atoms with Gasteiger partial charge in [0, 0.05) is 7.05 Å². The van der Waals surface area contributed by atoms with Crippen LogP contribution in [0.1, 0.15) is 0 Å². The van der Waals surface area contributed by atoms with Crippen LogP contribution in [0.5, 0.6) is 0 Å². The maximum absolute atomic E-state index is 10.7. The molecule has 0 rings (SSSR count). The Morgan fingerprint density at radius 3 is 2.64 bits per heavy atom. The highest BCUT2D eigenvalue weighted by Crippen LogP contribution is 1.83. The van der Waals surface area contributed by atoms with E-state index < -0.39 is 5.97 Å². The topological polar surface area (TPSA) is 65.0 Å². The number of esters is 1. The van der Waals surface area contributed by atoms with Gasteiger partial charge in [0.05, 0.1) is 7.11 Å². The normalized spacial score (nSPS) is 10.5. The van der Waals surface area contributed by atoms with E-state index in [-0.39, 0.29) is 18.8 Å². The molecule has 0 saturated carbocycles. The number of rotatable bonds is 4. The monoisotopic (exact) mass is 159 g/mol. The molecule has 0 aliphatic heterocycles. The molecule has 0 aliphatic rings. The lowest BCUT2D eigenvalue weighted by Crippen LogP contribution is -2.21. The first kappa shape index (κ1) is 9.61. The molecule has 5 heteroatoms. The molecule has 62 valence electrons. The highest BCUT2D eigenvalue weighted by atomic mass is 16.5. The maximum Gasteiger partial charge on any atom is 0.355 e. The van der Waals surface area contributed by atoms with Crippen molar-refractivity contribution in [1.29, 1.82) is 0 Å². The van der Waals surface area contributed by atoms with Crippen LogP contribution in [-0.2, 0) is 19.1 Å². The van der Waals surface area contributed by atoms with Crippen molar-refractivity contribution in [3.05, 3.63) is 0 Å². The van der Waals surface area contributed by atoms with E-state index in [9.17, 15) is 9.59 Å². The number of methoxy groups -OCH3 is 1. The van der Waals surface area contributed by atoms with Crippen LogP contribution < -0.4 is 0 Å². The Bertz CT molecular complexity index is 175. The molecular formula is C6H9NO4. The number of carbonyl (C=O) groups excluding carboxylic acids is 2. The average molecular weight is 159 g/mol. The first-order valence-corrected chi connectivity index (χ1v) is 2.85. The highest BCUT2D eigenvalue weighted by Gasteiger charge is 2.09. The van der Waals surface area contributed by atoms with Crippen molar-refractivity contribution < 1.29 is 19.1 Å². The van der Waals surface area contributed by atoms with Gasteiger partial charge in [0.1, 0.15) is 6.61 Å². The summed E-state index contributed by atoms with van der Waals surface area (Å²) in [7, 11) is 2.65. The summed E-state index contributed by atoms with van der Waals surface area (Å²) in [5.74, 6) is -0.589. The third-order valence-corrected chi connectivity index (χ3v) is 0.979. The smallest absolute Gasteiger partial charge is 0.355 e. The molecule has 0 spiro atoms. The van der Waals surface area contributed by atoms with E-state index in [0.29, 0.717) is 0 Å². The SMILES string of the molecule is CN=C(COC=O)C(=O)OC. The molecule has 0 saturated heterocycles. The number of carbonyl (C=O) groups is 2. The molecule has 0 aromatic rings. The Balaban J connectivity index is 3.97. The summed E-state index contributed by atoms with van der Waals surface area (Å²) in [4.78, 5) is 24.0. The van der Waals surface area contributed by atoms with Crippen molar-refractivity contribution in [2.75, 3.05) is 20.8 Å². The molecule has 11 heavy (non-hydrogen) atoms. The van der Waals surface area contributed by atoms with Gasteiger partial charge in [-0.25, -0.2) is 4.79 Å². The molecule has 0 radical (unpaired) electrons. The summed E-state index contributed by atoms with van der Waals surface area (Å²) in [6.07, 6.45) is 0. The summed E-state index contributed by atoms with van der Waals surface area (Å²) in [5.41, 5.74) is 0.0830. The van der Waals surface area contributed by atoms with Crippen LogP contribution in [-0.4, -0.2) is 38.9 Å². The second-order valence-corrected chi connectivity index (χ2v) is 1.57. The molecular weight excluding hydrogens is 150 g/mol. The second kappa shape index (κ2) is 5.40. The van der Waals surface area contributed by atoms with E-state index in [1.54, 1.807) is 0 Å². The van der Waals surface area contributed by atoms with Crippen LogP contribution in [0.25, 0.3) is 0 Å². The predicted octanol–water partition coefficient (Wildman–Crippen LogP) is -0.597. The van der Waals surface area contributed by atoms with Gasteiger partial charge in [0.15, 0.2) is 5.71 Å². The lowest BCUT2D eigenvalue weighted by atomic mass is 10.4. The lowest BCUT2D eigenvalue weighted by Gasteiger charge is -2.00. The number of ether oxygens (including phenoxy) is 2. The summed E-state index contributed by atoms with van der Waals surface area (Å²) in [5, 5.41) is 0. The third-order valence-electron chi connectivity index (χ3n) is 0.979. The first-order chi connectivity index (χ1) is 5.26. The van der Waals surface area contributed by atoms with Crippen molar-refractivity contribution in [2.45, 2.75) is 0 Å². The predicted molar refractivity (Wildman–Crippen MR) is 37.4 cm³/mol. The fraction of sp³-hybridized carbons (Fsp3) is 0.500. The molecule has 0 atom stereocenters. The van der Waals surface area contributed by atoms with Crippen LogP contribution in [0.15, 0.2) is 4.99 Å². The fourth-order valence-electron chi connectivity index (χ4n) is 0.446. The number of hydrogen-bond acceptors (Lipinski definition) is 5. The quantitative estimate of drug-likeness (QED) is 0.312. The van der Waals surface area contributed by atoms with Crippen molar-refractivity contribution in [2.24, 2.45) is 4.99 Å². The zero-order valence-electron chi connectivity index (χ0n) is 6.36. The van der Waals surface area contributed by atoms with Crippen LogP contribution in [0.4, 0.5) is 0 Å². The van der Waals surface area contributed by atoms with Crippen LogP contribution in [0.3, 0.4) is 0 Å². The molecule has 0 heterocycles. The van der Waals surface area contributed by atoms with Gasteiger partial charge >= 0.3 is 5.97 Å². The van der Waals surface area contributed by atoms with Gasteiger partial charge in [0.25, 0.3) is 6.47 Å². The molecule has 0 aromatic carbocycles. The molecule has 5 nitrogen and oxygen atoms in total. The average Bonchev–Trinajstić information content (AvgIpc) is 2.05. The summed E-state index contributed by atoms with van der Waals surface area (Å²) in [6.45, 7) is 0.0980. The molecule has 0 N–H and O–H groups in total. The maximum atomic E-state index is 10.7. The zero-order chi connectivity index (χ0) is 8.69. The molecule has 0 unspecified atom stereocenters. The minimum Gasteiger partial charge on any atom is -0.464 e.